The Morgan fingerprint density at radius 1 is 1.33 bits per heavy atom. The van der Waals surface area contributed by atoms with E-state index in [2.05, 4.69) is 16.3 Å². The van der Waals surface area contributed by atoms with Crippen molar-refractivity contribution in [2.75, 3.05) is 31.6 Å². The second kappa shape index (κ2) is 6.24. The maximum Gasteiger partial charge on any atom is 0.241 e. The number of hydrogen-bond donors (Lipinski definition) is 1. The Labute approximate surface area is 131 Å². The molecule has 1 saturated carbocycles. The molecule has 5 heteroatoms. The van der Waals surface area contributed by atoms with E-state index < -0.39 is 0 Å². The van der Waals surface area contributed by atoms with E-state index >= 15 is 0 Å². The number of anilines is 1. The Morgan fingerprint density at radius 3 is 2.86 bits per heavy atom. The van der Waals surface area contributed by atoms with E-state index in [1.165, 1.54) is 18.4 Å². The van der Waals surface area contributed by atoms with Crippen LogP contribution >= 0.6 is 11.6 Å². The second-order valence-electron chi connectivity index (χ2n) is 6.03. The Morgan fingerprint density at radius 2 is 2.14 bits per heavy atom. The third-order valence-corrected chi connectivity index (χ3v) is 4.50. The van der Waals surface area contributed by atoms with Crippen molar-refractivity contribution >= 4 is 23.2 Å². The monoisotopic (exact) mass is 307 g/mol. The molecule has 1 saturated heterocycles. The summed E-state index contributed by atoms with van der Waals surface area (Å²) in [5.41, 5.74) is 2.17. The quantitative estimate of drug-likeness (QED) is 0.927. The van der Waals surface area contributed by atoms with Crippen molar-refractivity contribution in [3.8, 4) is 0 Å². The van der Waals surface area contributed by atoms with E-state index in [1.807, 2.05) is 19.2 Å². The van der Waals surface area contributed by atoms with Crippen molar-refractivity contribution in [1.29, 1.82) is 0 Å². The smallest absolute Gasteiger partial charge is 0.241 e. The molecule has 1 N–H and O–H groups in total. The maximum absolute atomic E-state index is 12.0. The number of amides is 1. The van der Waals surface area contributed by atoms with Crippen LogP contribution in [0.5, 0.6) is 0 Å². The summed E-state index contributed by atoms with van der Waals surface area (Å²) in [7, 11) is 1.86. The van der Waals surface area contributed by atoms with Gasteiger partial charge in [-0.25, -0.2) is 0 Å². The molecule has 1 amide bonds. The molecule has 1 aliphatic heterocycles. The van der Waals surface area contributed by atoms with Gasteiger partial charge in [-0.05, 0) is 37.0 Å². The number of halogens is 1. The zero-order valence-electron chi connectivity index (χ0n) is 12.4. The fourth-order valence-electron chi connectivity index (χ4n) is 2.66. The number of carbonyl (C=O) groups excluding carboxylic acids is 1. The summed E-state index contributed by atoms with van der Waals surface area (Å²) in [5.74, 6) is 0.156. The lowest BCUT2D eigenvalue weighted by molar-refractivity contribution is -0.127. The van der Waals surface area contributed by atoms with Crippen LogP contribution in [0.25, 0.3) is 0 Å². The molecular weight excluding hydrogens is 286 g/mol. The Balaban J connectivity index is 1.70. The van der Waals surface area contributed by atoms with Gasteiger partial charge in [0.15, 0.2) is 0 Å². The topological polar surface area (TPSA) is 35.6 Å². The molecule has 1 aromatic rings. The van der Waals surface area contributed by atoms with Gasteiger partial charge >= 0.3 is 0 Å². The molecular formula is C16H22ClN3O. The van der Waals surface area contributed by atoms with Crippen molar-refractivity contribution in [3.63, 3.8) is 0 Å². The Kier molecular flexibility index (Phi) is 4.36. The highest BCUT2D eigenvalue weighted by Crippen LogP contribution is 2.28. The van der Waals surface area contributed by atoms with Crippen LogP contribution in [-0.4, -0.2) is 43.5 Å². The number of benzene rings is 1. The van der Waals surface area contributed by atoms with Gasteiger partial charge in [0.1, 0.15) is 0 Å². The molecule has 0 bridgehead atoms. The highest BCUT2D eigenvalue weighted by molar-refractivity contribution is 6.33. The summed E-state index contributed by atoms with van der Waals surface area (Å²) >= 11 is 6.44. The minimum absolute atomic E-state index is 0.156. The predicted molar refractivity (Wildman–Crippen MR) is 85.8 cm³/mol. The number of rotatable bonds is 4. The standard InChI is InChI=1S/C16H22ClN3O/c1-19-7-2-8-20(11-16(19)21)15-6-3-12(9-14(15)17)10-18-13-4-5-13/h3,6,9,13,18H,2,4-5,7-8,10-11H2,1H3. The van der Waals surface area contributed by atoms with E-state index in [1.54, 1.807) is 4.90 Å². The SMILES string of the molecule is CN1CCCN(c2ccc(CNC3CC3)cc2Cl)CC1=O. The van der Waals surface area contributed by atoms with E-state index in [9.17, 15) is 4.79 Å². The van der Waals surface area contributed by atoms with Gasteiger partial charge < -0.3 is 15.1 Å². The largest absolute Gasteiger partial charge is 0.361 e. The van der Waals surface area contributed by atoms with E-state index in [0.29, 0.717) is 12.6 Å². The van der Waals surface area contributed by atoms with Crippen LogP contribution in [0.15, 0.2) is 18.2 Å². The zero-order chi connectivity index (χ0) is 14.8. The lowest BCUT2D eigenvalue weighted by Gasteiger charge is -2.23. The number of nitrogens with one attached hydrogen (secondary N) is 1. The molecule has 4 nitrogen and oxygen atoms in total. The average Bonchev–Trinajstić information content (AvgIpc) is 3.28. The first-order valence-corrected chi connectivity index (χ1v) is 8.02. The minimum atomic E-state index is 0.156. The van der Waals surface area contributed by atoms with Gasteiger partial charge in [-0.1, -0.05) is 17.7 Å². The summed E-state index contributed by atoms with van der Waals surface area (Å²) in [5, 5.41) is 4.23. The Bertz CT molecular complexity index is 530. The molecule has 3 rings (SSSR count). The van der Waals surface area contributed by atoms with Gasteiger partial charge in [-0.3, -0.25) is 4.79 Å². The molecule has 0 unspecified atom stereocenters. The third kappa shape index (κ3) is 3.69. The summed E-state index contributed by atoms with van der Waals surface area (Å²) in [4.78, 5) is 15.9. The molecule has 0 spiro atoms. The van der Waals surface area contributed by atoms with Crippen LogP contribution in [0.3, 0.4) is 0 Å². The summed E-state index contributed by atoms with van der Waals surface area (Å²) in [6, 6.07) is 6.87. The van der Waals surface area contributed by atoms with Crippen LogP contribution in [0.1, 0.15) is 24.8 Å². The van der Waals surface area contributed by atoms with Crippen molar-refractivity contribution in [1.82, 2.24) is 10.2 Å². The van der Waals surface area contributed by atoms with E-state index in [0.717, 1.165) is 36.8 Å². The number of hydrogen-bond acceptors (Lipinski definition) is 3. The number of carbonyl (C=O) groups is 1. The van der Waals surface area contributed by atoms with Crippen molar-refractivity contribution in [3.05, 3.63) is 28.8 Å². The van der Waals surface area contributed by atoms with Gasteiger partial charge in [-0.2, -0.15) is 0 Å². The lowest BCUT2D eigenvalue weighted by atomic mass is 10.2. The summed E-state index contributed by atoms with van der Waals surface area (Å²) in [6.07, 6.45) is 3.55. The normalized spacial score (nSPS) is 19.8. The fraction of sp³-hybridized carbons (Fsp3) is 0.562. The van der Waals surface area contributed by atoms with E-state index in [-0.39, 0.29) is 5.91 Å². The summed E-state index contributed by atoms with van der Waals surface area (Å²) < 4.78 is 0. The number of likely N-dealkylation sites (N-methyl/N-ethyl adjacent to an activating group) is 1. The third-order valence-electron chi connectivity index (χ3n) is 4.20. The van der Waals surface area contributed by atoms with Crippen LogP contribution in [0.4, 0.5) is 5.69 Å². The first kappa shape index (κ1) is 14.7. The van der Waals surface area contributed by atoms with Gasteiger partial charge in [-0.15, -0.1) is 0 Å². The molecule has 21 heavy (non-hydrogen) atoms. The molecule has 0 atom stereocenters. The van der Waals surface area contributed by atoms with Crippen LogP contribution < -0.4 is 10.2 Å². The van der Waals surface area contributed by atoms with Crippen LogP contribution in [0, 0.1) is 0 Å². The molecule has 114 valence electrons. The lowest BCUT2D eigenvalue weighted by Crippen LogP contribution is -2.34. The Hall–Kier alpha value is -1.26. The molecule has 1 aliphatic carbocycles. The van der Waals surface area contributed by atoms with Crippen LogP contribution in [0.2, 0.25) is 5.02 Å². The number of nitrogens with zero attached hydrogens (tertiary/aromatic N) is 2. The summed E-state index contributed by atoms with van der Waals surface area (Å²) in [6.45, 7) is 2.97. The molecule has 2 aliphatic rings. The average molecular weight is 308 g/mol. The highest BCUT2D eigenvalue weighted by atomic mass is 35.5. The van der Waals surface area contributed by atoms with Gasteiger partial charge in [0.25, 0.3) is 0 Å². The zero-order valence-corrected chi connectivity index (χ0v) is 13.2. The molecule has 0 aromatic heterocycles. The molecule has 0 radical (unpaired) electrons. The van der Waals surface area contributed by atoms with Gasteiger partial charge in [0.05, 0.1) is 17.3 Å². The van der Waals surface area contributed by atoms with E-state index in [4.69, 9.17) is 11.6 Å². The first-order valence-electron chi connectivity index (χ1n) is 7.64. The maximum atomic E-state index is 12.0. The highest BCUT2D eigenvalue weighted by Gasteiger charge is 2.22. The fourth-order valence-corrected chi connectivity index (χ4v) is 2.98. The first-order chi connectivity index (χ1) is 10.1. The van der Waals surface area contributed by atoms with Crippen molar-refractivity contribution in [2.24, 2.45) is 0 Å². The van der Waals surface area contributed by atoms with Crippen LogP contribution in [-0.2, 0) is 11.3 Å². The molecule has 2 fully saturated rings. The minimum Gasteiger partial charge on any atom is -0.361 e. The second-order valence-corrected chi connectivity index (χ2v) is 6.44. The van der Waals surface area contributed by atoms with Crippen molar-refractivity contribution < 1.29 is 4.79 Å². The molecule has 1 aromatic carbocycles. The predicted octanol–water partition coefficient (Wildman–Crippen LogP) is 2.26. The van der Waals surface area contributed by atoms with Gasteiger partial charge in [0, 0.05) is 32.7 Å². The molecule has 1 heterocycles. The van der Waals surface area contributed by atoms with Gasteiger partial charge in [0.2, 0.25) is 5.91 Å². The van der Waals surface area contributed by atoms with Crippen molar-refractivity contribution in [2.45, 2.75) is 31.8 Å².